The quantitative estimate of drug-likeness (QED) is 0.888. The van der Waals surface area contributed by atoms with E-state index in [-0.39, 0.29) is 5.91 Å². The summed E-state index contributed by atoms with van der Waals surface area (Å²) in [5.74, 6) is -0.237. The van der Waals surface area contributed by atoms with Gasteiger partial charge in [-0.25, -0.2) is 0 Å². The molecule has 4 nitrogen and oxygen atoms in total. The van der Waals surface area contributed by atoms with Crippen LogP contribution >= 0.6 is 0 Å². The lowest BCUT2D eigenvalue weighted by Gasteiger charge is -2.12. The monoisotopic (exact) mass is 265 g/mol. The van der Waals surface area contributed by atoms with Crippen molar-refractivity contribution in [3.8, 4) is 6.07 Å². The van der Waals surface area contributed by atoms with Gasteiger partial charge in [0.05, 0.1) is 17.7 Å². The zero-order valence-electron chi connectivity index (χ0n) is 10.9. The van der Waals surface area contributed by atoms with Crippen LogP contribution in [0.5, 0.6) is 0 Å². The Morgan fingerprint density at radius 1 is 1.15 bits per heavy atom. The zero-order chi connectivity index (χ0) is 14.4. The molecule has 20 heavy (non-hydrogen) atoms. The highest BCUT2D eigenvalue weighted by Gasteiger charge is 2.14. The van der Waals surface area contributed by atoms with Gasteiger partial charge in [0.25, 0.3) is 0 Å². The summed E-state index contributed by atoms with van der Waals surface area (Å²) >= 11 is 0. The van der Waals surface area contributed by atoms with Crippen LogP contribution in [0.1, 0.15) is 11.1 Å². The minimum absolute atomic E-state index is 0.237. The third kappa shape index (κ3) is 3.67. The number of hydrogen-bond acceptors (Lipinski definition) is 3. The van der Waals surface area contributed by atoms with Gasteiger partial charge in [0.15, 0.2) is 0 Å². The number of nitrogens with one attached hydrogen (secondary N) is 1. The summed E-state index contributed by atoms with van der Waals surface area (Å²) in [7, 11) is 0. The van der Waals surface area contributed by atoms with Gasteiger partial charge in [0.2, 0.25) is 5.91 Å². The first-order chi connectivity index (χ1) is 9.69. The number of nitriles is 1. The second-order valence-corrected chi connectivity index (χ2v) is 4.47. The van der Waals surface area contributed by atoms with Gasteiger partial charge in [-0.05, 0) is 36.2 Å². The Morgan fingerprint density at radius 2 is 1.80 bits per heavy atom. The Hall–Kier alpha value is -2.64. The van der Waals surface area contributed by atoms with Gasteiger partial charge in [-0.1, -0.05) is 30.3 Å². The average Bonchev–Trinajstić information content (AvgIpc) is 2.49. The third-order valence-electron chi connectivity index (χ3n) is 2.92. The molecule has 0 aliphatic heterocycles. The first-order valence-electron chi connectivity index (χ1n) is 6.29. The van der Waals surface area contributed by atoms with Gasteiger partial charge in [0, 0.05) is 5.69 Å². The lowest BCUT2D eigenvalue weighted by Crippen LogP contribution is -2.37. The van der Waals surface area contributed by atoms with E-state index in [0.717, 1.165) is 5.56 Å². The molecule has 1 amide bonds. The Balaban J connectivity index is 1.95. The number of nitrogens with zero attached hydrogens (tertiary/aromatic N) is 1. The average molecular weight is 265 g/mol. The topological polar surface area (TPSA) is 78.9 Å². The standard InChI is InChI=1S/C16H15N3O/c17-11-13-6-8-14(9-7-13)19-16(20)15(18)10-12-4-2-1-3-5-12/h1-9,15H,10,18H2,(H,19,20)/t15-/m0/s1. The van der Waals surface area contributed by atoms with Crippen molar-refractivity contribution in [2.45, 2.75) is 12.5 Å². The molecule has 0 saturated carbocycles. The Bertz CT molecular complexity index is 614. The normalized spacial score (nSPS) is 11.4. The van der Waals surface area contributed by atoms with Gasteiger partial charge >= 0.3 is 0 Å². The second-order valence-electron chi connectivity index (χ2n) is 4.47. The number of carbonyl (C=O) groups is 1. The summed E-state index contributed by atoms with van der Waals surface area (Å²) in [5.41, 5.74) is 8.10. The van der Waals surface area contributed by atoms with Crippen molar-refractivity contribution in [1.82, 2.24) is 0 Å². The summed E-state index contributed by atoms with van der Waals surface area (Å²) in [5, 5.41) is 11.4. The molecule has 4 heteroatoms. The Kier molecular flexibility index (Phi) is 4.48. The summed E-state index contributed by atoms with van der Waals surface area (Å²) in [6.07, 6.45) is 0.489. The van der Waals surface area contributed by atoms with Crippen LogP contribution in [-0.2, 0) is 11.2 Å². The number of carbonyl (C=O) groups excluding carboxylic acids is 1. The number of benzene rings is 2. The molecule has 0 fully saturated rings. The SMILES string of the molecule is N#Cc1ccc(NC(=O)[C@@H](N)Cc2ccccc2)cc1. The fraction of sp³-hybridized carbons (Fsp3) is 0.125. The molecular formula is C16H15N3O. The zero-order valence-corrected chi connectivity index (χ0v) is 10.9. The van der Waals surface area contributed by atoms with Crippen LogP contribution in [0.2, 0.25) is 0 Å². The van der Waals surface area contributed by atoms with Gasteiger partial charge in [-0.15, -0.1) is 0 Å². The van der Waals surface area contributed by atoms with Crippen LogP contribution in [0, 0.1) is 11.3 Å². The molecule has 0 unspecified atom stereocenters. The third-order valence-corrected chi connectivity index (χ3v) is 2.92. The van der Waals surface area contributed by atoms with Crippen molar-refractivity contribution in [3.63, 3.8) is 0 Å². The van der Waals surface area contributed by atoms with Gasteiger partial charge in [-0.3, -0.25) is 4.79 Å². The first kappa shape index (κ1) is 13.8. The van der Waals surface area contributed by atoms with Crippen LogP contribution in [-0.4, -0.2) is 11.9 Å². The van der Waals surface area contributed by atoms with Gasteiger partial charge in [-0.2, -0.15) is 5.26 Å². The number of amides is 1. The van der Waals surface area contributed by atoms with Crippen molar-refractivity contribution in [1.29, 1.82) is 5.26 Å². The maximum absolute atomic E-state index is 12.0. The van der Waals surface area contributed by atoms with E-state index < -0.39 is 6.04 Å². The smallest absolute Gasteiger partial charge is 0.241 e. The highest BCUT2D eigenvalue weighted by Crippen LogP contribution is 2.10. The van der Waals surface area contributed by atoms with Crippen molar-refractivity contribution < 1.29 is 4.79 Å². The van der Waals surface area contributed by atoms with E-state index in [0.29, 0.717) is 17.7 Å². The summed E-state index contributed by atoms with van der Waals surface area (Å²) in [4.78, 5) is 12.0. The maximum atomic E-state index is 12.0. The number of anilines is 1. The van der Waals surface area contributed by atoms with Crippen molar-refractivity contribution in [3.05, 3.63) is 65.7 Å². The minimum Gasteiger partial charge on any atom is -0.325 e. The minimum atomic E-state index is -0.604. The lowest BCUT2D eigenvalue weighted by molar-refractivity contribution is -0.117. The molecule has 0 spiro atoms. The molecule has 0 heterocycles. The molecule has 100 valence electrons. The fourth-order valence-electron chi connectivity index (χ4n) is 1.82. The van der Waals surface area contributed by atoms with Crippen molar-refractivity contribution in [2.24, 2.45) is 5.73 Å². The summed E-state index contributed by atoms with van der Waals surface area (Å²) in [6.45, 7) is 0. The Labute approximate surface area is 117 Å². The number of hydrogen-bond donors (Lipinski definition) is 2. The van der Waals surface area contributed by atoms with E-state index in [1.54, 1.807) is 24.3 Å². The summed E-state index contributed by atoms with van der Waals surface area (Å²) in [6, 6.07) is 17.7. The molecule has 0 bridgehead atoms. The van der Waals surface area contributed by atoms with Gasteiger partial charge in [0.1, 0.15) is 0 Å². The molecule has 0 aromatic heterocycles. The largest absolute Gasteiger partial charge is 0.325 e. The maximum Gasteiger partial charge on any atom is 0.241 e. The highest BCUT2D eigenvalue weighted by molar-refractivity contribution is 5.94. The molecule has 0 saturated heterocycles. The molecule has 0 aliphatic rings. The van der Waals surface area contributed by atoms with E-state index in [2.05, 4.69) is 5.32 Å². The highest BCUT2D eigenvalue weighted by atomic mass is 16.2. The van der Waals surface area contributed by atoms with Gasteiger partial charge < -0.3 is 11.1 Å². The summed E-state index contributed by atoms with van der Waals surface area (Å²) < 4.78 is 0. The molecule has 0 aliphatic carbocycles. The van der Waals surface area contributed by atoms with E-state index >= 15 is 0 Å². The van der Waals surface area contributed by atoms with E-state index in [9.17, 15) is 4.79 Å². The molecule has 3 N–H and O–H groups in total. The van der Waals surface area contributed by atoms with Crippen molar-refractivity contribution in [2.75, 3.05) is 5.32 Å². The van der Waals surface area contributed by atoms with Crippen LogP contribution in [0.3, 0.4) is 0 Å². The van der Waals surface area contributed by atoms with E-state index in [1.165, 1.54) is 0 Å². The lowest BCUT2D eigenvalue weighted by atomic mass is 10.1. The van der Waals surface area contributed by atoms with Crippen LogP contribution in [0.4, 0.5) is 5.69 Å². The van der Waals surface area contributed by atoms with Crippen LogP contribution < -0.4 is 11.1 Å². The van der Waals surface area contributed by atoms with Crippen LogP contribution in [0.15, 0.2) is 54.6 Å². The second kappa shape index (κ2) is 6.50. The number of nitrogens with two attached hydrogens (primary N) is 1. The molecule has 0 radical (unpaired) electrons. The first-order valence-corrected chi connectivity index (χ1v) is 6.29. The van der Waals surface area contributed by atoms with E-state index in [1.807, 2.05) is 36.4 Å². The number of rotatable bonds is 4. The van der Waals surface area contributed by atoms with E-state index in [4.69, 9.17) is 11.0 Å². The molecule has 2 rings (SSSR count). The molecule has 1 atom stereocenters. The molecule has 2 aromatic rings. The molecule has 2 aromatic carbocycles. The predicted octanol–water partition coefficient (Wildman–Crippen LogP) is 2.07. The van der Waals surface area contributed by atoms with Crippen LogP contribution in [0.25, 0.3) is 0 Å². The fourth-order valence-corrected chi connectivity index (χ4v) is 1.82. The van der Waals surface area contributed by atoms with Crippen molar-refractivity contribution >= 4 is 11.6 Å². The molecular weight excluding hydrogens is 250 g/mol. The Morgan fingerprint density at radius 3 is 2.40 bits per heavy atom. The predicted molar refractivity (Wildman–Crippen MR) is 77.9 cm³/mol.